The largest absolute Gasteiger partial charge is 0.350 e. The van der Waals surface area contributed by atoms with E-state index in [9.17, 15) is 9.18 Å². The molecule has 1 rings (SSSR count). The van der Waals surface area contributed by atoms with E-state index in [0.29, 0.717) is 17.0 Å². The molecule has 0 radical (unpaired) electrons. The summed E-state index contributed by atoms with van der Waals surface area (Å²) in [5.41, 5.74) is 1.02. The first kappa shape index (κ1) is 15.7. The molecule has 0 aliphatic heterocycles. The Kier molecular flexibility index (Phi) is 6.00. The Hall–Kier alpha value is -1.38. The third-order valence-electron chi connectivity index (χ3n) is 3.22. The third-order valence-corrected chi connectivity index (χ3v) is 3.22. The topological polar surface area (TPSA) is 29.1 Å². The van der Waals surface area contributed by atoms with E-state index in [2.05, 4.69) is 19.2 Å². The van der Waals surface area contributed by atoms with E-state index in [4.69, 9.17) is 0 Å². The molecular formula is C16H24FNO. The fraction of sp³-hybridized carbons (Fsp3) is 0.562. The lowest BCUT2D eigenvalue weighted by Gasteiger charge is -2.14. The summed E-state index contributed by atoms with van der Waals surface area (Å²) < 4.78 is 13.1. The SMILES string of the molecule is Cc1cc(C(=O)NC(C)CCCC(C)C)ccc1F. The van der Waals surface area contributed by atoms with Gasteiger partial charge in [0.1, 0.15) is 5.82 Å². The molecule has 1 aromatic rings. The van der Waals surface area contributed by atoms with Gasteiger partial charge in [0, 0.05) is 11.6 Å². The highest BCUT2D eigenvalue weighted by Crippen LogP contribution is 2.11. The van der Waals surface area contributed by atoms with Crippen molar-refractivity contribution in [1.29, 1.82) is 0 Å². The lowest BCUT2D eigenvalue weighted by atomic mass is 10.0. The molecule has 0 bridgehead atoms. The van der Waals surface area contributed by atoms with Crippen LogP contribution in [-0.2, 0) is 0 Å². The van der Waals surface area contributed by atoms with Crippen molar-refractivity contribution >= 4 is 5.91 Å². The summed E-state index contributed by atoms with van der Waals surface area (Å²) >= 11 is 0. The number of rotatable bonds is 6. The maximum atomic E-state index is 13.1. The summed E-state index contributed by atoms with van der Waals surface area (Å²) in [6, 6.07) is 4.61. The molecular weight excluding hydrogens is 241 g/mol. The number of halogens is 1. The summed E-state index contributed by atoms with van der Waals surface area (Å²) in [6.07, 6.45) is 3.27. The highest BCUT2D eigenvalue weighted by atomic mass is 19.1. The van der Waals surface area contributed by atoms with E-state index in [1.165, 1.54) is 18.6 Å². The third kappa shape index (κ3) is 5.41. The minimum absolute atomic E-state index is 0.125. The molecule has 0 fully saturated rings. The summed E-state index contributed by atoms with van der Waals surface area (Å²) in [5.74, 6) is 0.296. The van der Waals surface area contributed by atoms with Crippen LogP contribution in [0.25, 0.3) is 0 Å². The van der Waals surface area contributed by atoms with Crippen LogP contribution in [0.4, 0.5) is 4.39 Å². The Bertz CT molecular complexity index is 429. The van der Waals surface area contributed by atoms with Crippen LogP contribution in [0.3, 0.4) is 0 Å². The highest BCUT2D eigenvalue weighted by Gasteiger charge is 2.11. The minimum atomic E-state index is -0.276. The van der Waals surface area contributed by atoms with E-state index >= 15 is 0 Å². The number of benzene rings is 1. The second-order valence-electron chi connectivity index (χ2n) is 5.66. The number of amides is 1. The predicted octanol–water partition coefficient (Wildman–Crippen LogP) is 4.08. The fourth-order valence-corrected chi connectivity index (χ4v) is 2.00. The molecule has 0 saturated heterocycles. The van der Waals surface area contributed by atoms with Gasteiger partial charge in [-0.3, -0.25) is 4.79 Å². The van der Waals surface area contributed by atoms with Crippen LogP contribution in [0.2, 0.25) is 0 Å². The summed E-state index contributed by atoms with van der Waals surface area (Å²) in [4.78, 5) is 12.0. The molecule has 0 spiro atoms. The van der Waals surface area contributed by atoms with Crippen molar-refractivity contribution in [1.82, 2.24) is 5.32 Å². The lowest BCUT2D eigenvalue weighted by Crippen LogP contribution is -2.32. The second kappa shape index (κ2) is 7.27. The molecule has 0 saturated carbocycles. The van der Waals surface area contributed by atoms with Gasteiger partial charge in [-0.1, -0.05) is 26.7 Å². The van der Waals surface area contributed by atoms with Crippen molar-refractivity contribution in [3.8, 4) is 0 Å². The van der Waals surface area contributed by atoms with Gasteiger partial charge in [0.2, 0.25) is 0 Å². The average molecular weight is 265 g/mol. The number of nitrogens with one attached hydrogen (secondary N) is 1. The molecule has 1 atom stereocenters. The predicted molar refractivity (Wildman–Crippen MR) is 76.8 cm³/mol. The van der Waals surface area contributed by atoms with Gasteiger partial charge in [-0.15, -0.1) is 0 Å². The van der Waals surface area contributed by atoms with Crippen LogP contribution in [-0.4, -0.2) is 11.9 Å². The first-order chi connectivity index (χ1) is 8.90. The molecule has 1 N–H and O–H groups in total. The minimum Gasteiger partial charge on any atom is -0.350 e. The van der Waals surface area contributed by atoms with Crippen LogP contribution in [0, 0.1) is 18.7 Å². The Balaban J connectivity index is 2.47. The van der Waals surface area contributed by atoms with Gasteiger partial charge in [-0.25, -0.2) is 4.39 Å². The molecule has 0 aliphatic rings. The smallest absolute Gasteiger partial charge is 0.251 e. The van der Waals surface area contributed by atoms with Gasteiger partial charge < -0.3 is 5.32 Å². The van der Waals surface area contributed by atoms with Gasteiger partial charge in [0.25, 0.3) is 5.91 Å². The van der Waals surface area contributed by atoms with Crippen LogP contribution in [0.1, 0.15) is 56.0 Å². The van der Waals surface area contributed by atoms with E-state index in [0.717, 1.165) is 12.8 Å². The van der Waals surface area contributed by atoms with E-state index in [1.54, 1.807) is 13.0 Å². The summed E-state index contributed by atoms with van der Waals surface area (Å²) in [7, 11) is 0. The van der Waals surface area contributed by atoms with E-state index in [-0.39, 0.29) is 17.8 Å². The number of carbonyl (C=O) groups excluding carboxylic acids is 1. The Morgan fingerprint density at radius 3 is 2.53 bits per heavy atom. The van der Waals surface area contributed by atoms with Gasteiger partial charge >= 0.3 is 0 Å². The van der Waals surface area contributed by atoms with Crippen molar-refractivity contribution in [2.45, 2.75) is 53.0 Å². The van der Waals surface area contributed by atoms with Crippen molar-refractivity contribution in [3.05, 3.63) is 35.1 Å². The quantitative estimate of drug-likeness (QED) is 0.825. The van der Waals surface area contributed by atoms with Gasteiger partial charge in [0.05, 0.1) is 0 Å². The van der Waals surface area contributed by atoms with Gasteiger partial charge in [-0.2, -0.15) is 0 Å². The normalized spacial score (nSPS) is 12.5. The van der Waals surface area contributed by atoms with Crippen molar-refractivity contribution in [3.63, 3.8) is 0 Å². The maximum absolute atomic E-state index is 13.1. The molecule has 19 heavy (non-hydrogen) atoms. The second-order valence-corrected chi connectivity index (χ2v) is 5.66. The first-order valence-corrected chi connectivity index (χ1v) is 6.97. The first-order valence-electron chi connectivity index (χ1n) is 6.97. The molecule has 0 aromatic heterocycles. The van der Waals surface area contributed by atoms with Gasteiger partial charge in [-0.05, 0) is 49.9 Å². The number of hydrogen-bond acceptors (Lipinski definition) is 1. The highest BCUT2D eigenvalue weighted by molar-refractivity contribution is 5.94. The monoisotopic (exact) mass is 265 g/mol. The molecule has 0 heterocycles. The van der Waals surface area contributed by atoms with Crippen LogP contribution in [0.15, 0.2) is 18.2 Å². The zero-order valence-corrected chi connectivity index (χ0v) is 12.3. The van der Waals surface area contributed by atoms with Crippen molar-refractivity contribution in [2.75, 3.05) is 0 Å². The molecule has 106 valence electrons. The number of aryl methyl sites for hydroxylation is 1. The zero-order chi connectivity index (χ0) is 14.4. The molecule has 3 heteroatoms. The van der Waals surface area contributed by atoms with E-state index < -0.39 is 0 Å². The van der Waals surface area contributed by atoms with E-state index in [1.807, 2.05) is 6.92 Å². The average Bonchev–Trinajstić information content (AvgIpc) is 2.32. The Labute approximate surface area is 115 Å². The van der Waals surface area contributed by atoms with Gasteiger partial charge in [0.15, 0.2) is 0 Å². The molecule has 0 aliphatic carbocycles. The zero-order valence-electron chi connectivity index (χ0n) is 12.3. The number of hydrogen-bond donors (Lipinski definition) is 1. The standard InChI is InChI=1S/C16H24FNO/c1-11(2)6-5-7-13(4)18-16(19)14-8-9-15(17)12(3)10-14/h8-11,13H,5-7H2,1-4H3,(H,18,19). The molecule has 2 nitrogen and oxygen atoms in total. The van der Waals surface area contributed by atoms with Crippen LogP contribution >= 0.6 is 0 Å². The summed E-state index contributed by atoms with van der Waals surface area (Å²) in [5, 5.41) is 2.96. The van der Waals surface area contributed by atoms with Crippen LogP contribution in [0.5, 0.6) is 0 Å². The van der Waals surface area contributed by atoms with Crippen molar-refractivity contribution in [2.24, 2.45) is 5.92 Å². The molecule has 1 unspecified atom stereocenters. The molecule has 1 aromatic carbocycles. The fourth-order valence-electron chi connectivity index (χ4n) is 2.00. The Morgan fingerprint density at radius 2 is 1.95 bits per heavy atom. The van der Waals surface area contributed by atoms with Crippen LogP contribution < -0.4 is 5.32 Å². The maximum Gasteiger partial charge on any atom is 0.251 e. The molecule has 1 amide bonds. The Morgan fingerprint density at radius 1 is 1.26 bits per heavy atom. The lowest BCUT2D eigenvalue weighted by molar-refractivity contribution is 0.0937. The number of carbonyl (C=O) groups is 1. The summed E-state index contributed by atoms with van der Waals surface area (Å²) in [6.45, 7) is 8.07. The van der Waals surface area contributed by atoms with Crippen molar-refractivity contribution < 1.29 is 9.18 Å².